The molecule has 0 radical (unpaired) electrons. The summed E-state index contributed by atoms with van der Waals surface area (Å²) in [6, 6.07) is 21.4. The average Bonchev–Trinajstić information content (AvgIpc) is 3.38. The number of carbonyl (C=O) groups excluding carboxylic acids is 2. The SMILES string of the molecule is Cc1ccc(C)c(C(=O)c2ccccc2C(=O)Nc2cccc(S(=O)(=O)NCc3ccco3)c2)c1. The summed E-state index contributed by atoms with van der Waals surface area (Å²) in [7, 11) is -3.84. The van der Waals surface area contributed by atoms with E-state index in [-0.39, 0.29) is 34.0 Å². The smallest absolute Gasteiger partial charge is 0.256 e. The van der Waals surface area contributed by atoms with Crippen molar-refractivity contribution in [3.05, 3.63) is 119 Å². The van der Waals surface area contributed by atoms with E-state index in [2.05, 4.69) is 10.0 Å². The summed E-state index contributed by atoms with van der Waals surface area (Å²) in [5, 5.41) is 2.71. The first kappa shape index (κ1) is 24.1. The second-order valence-electron chi connectivity index (χ2n) is 8.08. The molecule has 2 N–H and O–H groups in total. The third-order valence-electron chi connectivity index (χ3n) is 5.47. The highest BCUT2D eigenvalue weighted by Crippen LogP contribution is 2.21. The van der Waals surface area contributed by atoms with Crippen molar-refractivity contribution in [2.45, 2.75) is 25.3 Å². The molecule has 35 heavy (non-hydrogen) atoms. The summed E-state index contributed by atoms with van der Waals surface area (Å²) in [6.07, 6.45) is 1.46. The molecule has 0 atom stereocenters. The van der Waals surface area contributed by atoms with Gasteiger partial charge in [-0.05, 0) is 61.9 Å². The number of furan rings is 1. The quantitative estimate of drug-likeness (QED) is 0.345. The Morgan fingerprint density at radius 1 is 0.829 bits per heavy atom. The molecule has 0 fully saturated rings. The maximum absolute atomic E-state index is 13.3. The number of carbonyl (C=O) groups is 2. The number of hydrogen-bond acceptors (Lipinski definition) is 5. The first-order valence-electron chi connectivity index (χ1n) is 10.9. The molecule has 0 unspecified atom stereocenters. The molecule has 1 amide bonds. The van der Waals surface area contributed by atoms with Crippen LogP contribution in [0.3, 0.4) is 0 Å². The van der Waals surface area contributed by atoms with Crippen LogP contribution in [-0.4, -0.2) is 20.1 Å². The van der Waals surface area contributed by atoms with Gasteiger partial charge in [0.15, 0.2) is 5.78 Å². The Kier molecular flexibility index (Phi) is 6.95. The summed E-state index contributed by atoms with van der Waals surface area (Å²) in [6.45, 7) is 3.75. The van der Waals surface area contributed by atoms with Crippen LogP contribution in [0.1, 0.15) is 43.2 Å². The van der Waals surface area contributed by atoms with Crippen LogP contribution in [0.15, 0.2) is 94.4 Å². The molecule has 7 nitrogen and oxygen atoms in total. The Hall–Kier alpha value is -4.01. The van der Waals surface area contributed by atoms with Crippen LogP contribution in [0, 0.1) is 13.8 Å². The van der Waals surface area contributed by atoms with E-state index < -0.39 is 15.9 Å². The molecule has 4 aromatic rings. The lowest BCUT2D eigenvalue weighted by molar-refractivity contribution is 0.0996. The average molecular weight is 489 g/mol. The molecule has 0 aliphatic carbocycles. The van der Waals surface area contributed by atoms with Crippen LogP contribution in [0.2, 0.25) is 0 Å². The lowest BCUT2D eigenvalue weighted by atomic mass is 9.94. The van der Waals surface area contributed by atoms with E-state index in [0.717, 1.165) is 11.1 Å². The van der Waals surface area contributed by atoms with Crippen LogP contribution < -0.4 is 10.0 Å². The first-order valence-corrected chi connectivity index (χ1v) is 12.4. The topological polar surface area (TPSA) is 105 Å². The molecule has 1 aromatic heterocycles. The van der Waals surface area contributed by atoms with Gasteiger partial charge in [0.1, 0.15) is 5.76 Å². The van der Waals surface area contributed by atoms with E-state index in [4.69, 9.17) is 4.42 Å². The van der Waals surface area contributed by atoms with Crippen molar-refractivity contribution in [2.75, 3.05) is 5.32 Å². The third kappa shape index (κ3) is 5.56. The first-order chi connectivity index (χ1) is 16.7. The number of rotatable bonds is 8. The van der Waals surface area contributed by atoms with Crippen LogP contribution in [0.4, 0.5) is 5.69 Å². The molecule has 0 saturated carbocycles. The summed E-state index contributed by atoms with van der Waals surface area (Å²) in [5.41, 5.74) is 3.03. The highest BCUT2D eigenvalue weighted by Gasteiger charge is 2.21. The molecule has 0 bridgehead atoms. The molecule has 1 heterocycles. The maximum Gasteiger partial charge on any atom is 0.256 e. The summed E-state index contributed by atoms with van der Waals surface area (Å²) < 4.78 is 33.0. The van der Waals surface area contributed by atoms with Gasteiger partial charge in [0.25, 0.3) is 5.91 Å². The molecular weight excluding hydrogens is 464 g/mol. The molecule has 178 valence electrons. The minimum Gasteiger partial charge on any atom is -0.468 e. The van der Waals surface area contributed by atoms with E-state index >= 15 is 0 Å². The molecule has 3 aromatic carbocycles. The van der Waals surface area contributed by atoms with Crippen molar-refractivity contribution in [3.63, 3.8) is 0 Å². The van der Waals surface area contributed by atoms with E-state index in [0.29, 0.717) is 11.3 Å². The Morgan fingerprint density at radius 2 is 1.60 bits per heavy atom. The molecule has 0 spiro atoms. The zero-order chi connectivity index (χ0) is 25.0. The highest BCUT2D eigenvalue weighted by atomic mass is 32.2. The van der Waals surface area contributed by atoms with Gasteiger partial charge in [0, 0.05) is 16.8 Å². The van der Waals surface area contributed by atoms with Crippen molar-refractivity contribution < 1.29 is 22.4 Å². The monoisotopic (exact) mass is 488 g/mol. The van der Waals surface area contributed by atoms with E-state index in [1.165, 1.54) is 24.5 Å². The van der Waals surface area contributed by atoms with Gasteiger partial charge < -0.3 is 9.73 Å². The number of sulfonamides is 1. The number of benzene rings is 3. The summed E-state index contributed by atoms with van der Waals surface area (Å²) >= 11 is 0. The Bertz CT molecular complexity index is 1490. The standard InChI is InChI=1S/C27H24N2O5S/c1-18-12-13-19(2)25(15-18)26(30)23-10-3-4-11-24(23)27(31)29-20-7-5-9-22(16-20)35(32,33)28-17-21-8-6-14-34-21/h3-16,28H,17H2,1-2H3,(H,29,31). The highest BCUT2D eigenvalue weighted by molar-refractivity contribution is 7.89. The van der Waals surface area contributed by atoms with Crippen LogP contribution in [0.5, 0.6) is 0 Å². The molecular formula is C27H24N2O5S. The fourth-order valence-corrected chi connectivity index (χ4v) is 4.65. The zero-order valence-electron chi connectivity index (χ0n) is 19.2. The number of anilines is 1. The van der Waals surface area contributed by atoms with Gasteiger partial charge in [-0.25, -0.2) is 13.1 Å². The second kappa shape index (κ2) is 10.1. The molecule has 4 rings (SSSR count). The molecule has 0 saturated heterocycles. The number of ketones is 1. The Balaban J connectivity index is 1.56. The van der Waals surface area contributed by atoms with Gasteiger partial charge in [0.2, 0.25) is 10.0 Å². The van der Waals surface area contributed by atoms with Crippen molar-refractivity contribution in [1.82, 2.24) is 4.72 Å². The van der Waals surface area contributed by atoms with Crippen LogP contribution >= 0.6 is 0 Å². The van der Waals surface area contributed by atoms with Gasteiger partial charge in [-0.15, -0.1) is 0 Å². The van der Waals surface area contributed by atoms with Gasteiger partial charge in [-0.3, -0.25) is 9.59 Å². The fourth-order valence-electron chi connectivity index (χ4n) is 3.61. The van der Waals surface area contributed by atoms with Gasteiger partial charge >= 0.3 is 0 Å². The number of amides is 1. The van der Waals surface area contributed by atoms with Gasteiger partial charge in [-0.2, -0.15) is 0 Å². The minimum atomic E-state index is -3.84. The van der Waals surface area contributed by atoms with Crippen molar-refractivity contribution >= 4 is 27.4 Å². The number of nitrogens with one attached hydrogen (secondary N) is 2. The molecule has 8 heteroatoms. The summed E-state index contributed by atoms with van der Waals surface area (Å²) in [4.78, 5) is 26.4. The Labute approximate surface area is 203 Å². The zero-order valence-corrected chi connectivity index (χ0v) is 20.1. The minimum absolute atomic E-state index is 0.000214. The number of aryl methyl sites for hydroxylation is 2. The lowest BCUT2D eigenvalue weighted by Crippen LogP contribution is -2.23. The number of hydrogen-bond donors (Lipinski definition) is 2. The normalized spacial score (nSPS) is 11.3. The van der Waals surface area contributed by atoms with Crippen molar-refractivity contribution in [1.29, 1.82) is 0 Å². The lowest BCUT2D eigenvalue weighted by Gasteiger charge is -2.12. The molecule has 0 aliphatic heterocycles. The van der Waals surface area contributed by atoms with Gasteiger partial charge in [-0.1, -0.05) is 42.0 Å². The van der Waals surface area contributed by atoms with Crippen molar-refractivity contribution in [3.8, 4) is 0 Å². The summed E-state index contributed by atoms with van der Waals surface area (Å²) in [5.74, 6) is -0.295. The van der Waals surface area contributed by atoms with Crippen LogP contribution in [0.25, 0.3) is 0 Å². The maximum atomic E-state index is 13.3. The fraction of sp³-hybridized carbons (Fsp3) is 0.111. The van der Waals surface area contributed by atoms with Crippen molar-refractivity contribution in [2.24, 2.45) is 0 Å². The largest absolute Gasteiger partial charge is 0.468 e. The van der Waals surface area contributed by atoms with E-state index in [9.17, 15) is 18.0 Å². The second-order valence-corrected chi connectivity index (χ2v) is 9.85. The van der Waals surface area contributed by atoms with Gasteiger partial charge in [0.05, 0.1) is 23.3 Å². The third-order valence-corrected chi connectivity index (χ3v) is 6.87. The van der Waals surface area contributed by atoms with E-state index in [1.807, 2.05) is 26.0 Å². The Morgan fingerprint density at radius 3 is 2.34 bits per heavy atom. The molecule has 0 aliphatic rings. The van der Waals surface area contributed by atoms with E-state index in [1.54, 1.807) is 48.5 Å². The van der Waals surface area contributed by atoms with Crippen LogP contribution in [-0.2, 0) is 16.6 Å². The predicted molar refractivity (Wildman–Crippen MR) is 133 cm³/mol. The predicted octanol–water partition coefficient (Wildman–Crippen LogP) is 4.86.